The predicted octanol–water partition coefficient (Wildman–Crippen LogP) is 1.23. The van der Waals surface area contributed by atoms with Gasteiger partial charge in [0.25, 0.3) is 0 Å². The van der Waals surface area contributed by atoms with Crippen molar-refractivity contribution in [3.05, 3.63) is 17.8 Å². The normalized spacial score (nSPS) is 10.7. The molecule has 0 aliphatic heterocycles. The van der Waals surface area contributed by atoms with Gasteiger partial charge in [0, 0.05) is 19.6 Å². The molecule has 0 radical (unpaired) electrons. The molecule has 0 amide bonds. The van der Waals surface area contributed by atoms with Gasteiger partial charge in [-0.05, 0) is 32.6 Å². The lowest BCUT2D eigenvalue weighted by atomic mass is 10.3. The molecule has 2 N–H and O–H groups in total. The van der Waals surface area contributed by atoms with Crippen LogP contribution in [0.3, 0.4) is 0 Å². The lowest BCUT2D eigenvalue weighted by molar-refractivity contribution is 0.0594. The topological polar surface area (TPSA) is 71.7 Å². The first-order valence-corrected chi connectivity index (χ1v) is 6.74. The van der Waals surface area contributed by atoms with Gasteiger partial charge in [0.05, 0.1) is 12.8 Å². The standard InChI is InChI=1S/C14H24N4O2/c1-5-8-18(10-9-17(2)3)13-11(15)6-7-12(16-13)14(19)20-4/h6-7H,5,8-10,15H2,1-4H3. The van der Waals surface area contributed by atoms with Gasteiger partial charge in [0.15, 0.2) is 11.5 Å². The van der Waals surface area contributed by atoms with E-state index in [-0.39, 0.29) is 5.69 Å². The molecule has 0 fully saturated rings. The number of hydrogen-bond donors (Lipinski definition) is 1. The fourth-order valence-corrected chi connectivity index (χ4v) is 1.84. The second-order valence-electron chi connectivity index (χ2n) is 4.89. The molecule has 1 aromatic rings. The summed E-state index contributed by atoms with van der Waals surface area (Å²) in [6.07, 6.45) is 0.983. The van der Waals surface area contributed by atoms with Gasteiger partial charge in [-0.15, -0.1) is 0 Å². The molecule has 0 atom stereocenters. The van der Waals surface area contributed by atoms with Gasteiger partial charge in [-0.2, -0.15) is 0 Å². The number of nitrogen functional groups attached to an aromatic ring is 1. The Kier molecular flexibility index (Phi) is 6.24. The highest BCUT2D eigenvalue weighted by Crippen LogP contribution is 2.21. The van der Waals surface area contributed by atoms with Crippen LogP contribution >= 0.6 is 0 Å². The zero-order valence-corrected chi connectivity index (χ0v) is 12.7. The summed E-state index contributed by atoms with van der Waals surface area (Å²) in [6, 6.07) is 3.29. The number of nitrogens with two attached hydrogens (primary N) is 1. The number of anilines is 2. The van der Waals surface area contributed by atoms with Gasteiger partial charge in [0.2, 0.25) is 0 Å². The van der Waals surface area contributed by atoms with Crippen LogP contribution in [0, 0.1) is 0 Å². The number of ether oxygens (including phenoxy) is 1. The number of hydrogen-bond acceptors (Lipinski definition) is 6. The van der Waals surface area contributed by atoms with Crippen molar-refractivity contribution in [2.75, 3.05) is 51.5 Å². The SMILES string of the molecule is CCCN(CCN(C)C)c1nc(C(=O)OC)ccc1N. The fraction of sp³-hybridized carbons (Fsp3) is 0.571. The van der Waals surface area contributed by atoms with Crippen LogP contribution in [-0.4, -0.2) is 56.7 Å². The minimum atomic E-state index is -0.449. The molecule has 1 aromatic heterocycles. The summed E-state index contributed by atoms with van der Waals surface area (Å²) in [4.78, 5) is 20.1. The van der Waals surface area contributed by atoms with E-state index in [4.69, 9.17) is 10.5 Å². The maximum atomic E-state index is 11.6. The lowest BCUT2D eigenvalue weighted by Crippen LogP contribution is -2.33. The Morgan fingerprint density at radius 2 is 2.00 bits per heavy atom. The molecule has 0 unspecified atom stereocenters. The van der Waals surface area contributed by atoms with Crippen molar-refractivity contribution in [3.8, 4) is 0 Å². The molecule has 0 saturated carbocycles. The van der Waals surface area contributed by atoms with E-state index in [1.807, 2.05) is 14.1 Å². The predicted molar refractivity (Wildman–Crippen MR) is 81.0 cm³/mol. The molecule has 0 aromatic carbocycles. The maximum Gasteiger partial charge on any atom is 0.356 e. The second kappa shape index (κ2) is 7.69. The van der Waals surface area contributed by atoms with E-state index in [2.05, 4.69) is 21.7 Å². The van der Waals surface area contributed by atoms with E-state index in [0.29, 0.717) is 11.5 Å². The Morgan fingerprint density at radius 3 is 2.55 bits per heavy atom. The molecule has 0 saturated heterocycles. The maximum absolute atomic E-state index is 11.6. The summed E-state index contributed by atoms with van der Waals surface area (Å²) < 4.78 is 4.70. The van der Waals surface area contributed by atoms with Gasteiger partial charge in [-0.3, -0.25) is 0 Å². The van der Waals surface area contributed by atoms with Crippen LogP contribution in [0.1, 0.15) is 23.8 Å². The Balaban J connectivity index is 3.01. The van der Waals surface area contributed by atoms with Gasteiger partial charge in [-0.1, -0.05) is 6.92 Å². The number of esters is 1. The number of rotatable bonds is 7. The van der Waals surface area contributed by atoms with Gasteiger partial charge in [-0.25, -0.2) is 9.78 Å². The number of pyridine rings is 1. The molecule has 112 valence electrons. The highest BCUT2D eigenvalue weighted by Gasteiger charge is 2.15. The molecule has 0 bridgehead atoms. The summed E-state index contributed by atoms with van der Waals surface area (Å²) in [5.74, 6) is 0.201. The number of likely N-dealkylation sites (N-methyl/N-ethyl adjacent to an activating group) is 1. The monoisotopic (exact) mass is 280 g/mol. The molecular weight excluding hydrogens is 256 g/mol. The number of nitrogens with zero attached hydrogens (tertiary/aromatic N) is 3. The Morgan fingerprint density at radius 1 is 1.30 bits per heavy atom. The van der Waals surface area contributed by atoms with Crippen LogP contribution < -0.4 is 10.6 Å². The highest BCUT2D eigenvalue weighted by atomic mass is 16.5. The molecule has 0 aliphatic carbocycles. The molecule has 0 aliphatic rings. The van der Waals surface area contributed by atoms with E-state index in [1.54, 1.807) is 12.1 Å². The van der Waals surface area contributed by atoms with Crippen molar-refractivity contribution in [1.29, 1.82) is 0 Å². The second-order valence-corrected chi connectivity index (χ2v) is 4.89. The molecule has 0 spiro atoms. The van der Waals surface area contributed by atoms with Crippen LogP contribution in [0.15, 0.2) is 12.1 Å². The summed E-state index contributed by atoms with van der Waals surface area (Å²) in [6.45, 7) is 4.64. The third kappa shape index (κ3) is 4.38. The van der Waals surface area contributed by atoms with Gasteiger partial charge >= 0.3 is 5.97 Å². The van der Waals surface area contributed by atoms with Crippen molar-refractivity contribution < 1.29 is 9.53 Å². The number of aromatic nitrogens is 1. The quantitative estimate of drug-likeness (QED) is 0.757. The number of methoxy groups -OCH3 is 1. The van der Waals surface area contributed by atoms with Crippen molar-refractivity contribution in [3.63, 3.8) is 0 Å². The molecule has 6 nitrogen and oxygen atoms in total. The minimum Gasteiger partial charge on any atom is -0.464 e. The molecule has 6 heteroatoms. The first-order valence-electron chi connectivity index (χ1n) is 6.74. The van der Waals surface area contributed by atoms with Crippen molar-refractivity contribution in [1.82, 2.24) is 9.88 Å². The lowest BCUT2D eigenvalue weighted by Gasteiger charge is -2.26. The number of carbonyl (C=O) groups is 1. The molecule has 20 heavy (non-hydrogen) atoms. The van der Waals surface area contributed by atoms with Crippen molar-refractivity contribution in [2.24, 2.45) is 0 Å². The minimum absolute atomic E-state index is 0.280. The first kappa shape index (κ1) is 16.2. The molecule has 1 rings (SSSR count). The van der Waals surface area contributed by atoms with E-state index >= 15 is 0 Å². The molecular formula is C14H24N4O2. The zero-order valence-electron chi connectivity index (χ0n) is 12.7. The third-order valence-corrected chi connectivity index (χ3v) is 2.91. The van der Waals surface area contributed by atoms with E-state index < -0.39 is 5.97 Å². The Labute approximate surface area is 120 Å². The summed E-state index contributed by atoms with van der Waals surface area (Å²) in [5, 5.41) is 0. The van der Waals surface area contributed by atoms with E-state index in [0.717, 1.165) is 26.1 Å². The van der Waals surface area contributed by atoms with Crippen LogP contribution in [0.4, 0.5) is 11.5 Å². The van der Waals surface area contributed by atoms with Crippen molar-refractivity contribution >= 4 is 17.5 Å². The van der Waals surface area contributed by atoms with Crippen LogP contribution in [0.5, 0.6) is 0 Å². The fourth-order valence-electron chi connectivity index (χ4n) is 1.84. The van der Waals surface area contributed by atoms with Gasteiger partial charge in [0.1, 0.15) is 0 Å². The van der Waals surface area contributed by atoms with E-state index in [9.17, 15) is 4.79 Å². The summed E-state index contributed by atoms with van der Waals surface area (Å²) >= 11 is 0. The number of carbonyl (C=O) groups excluding carboxylic acids is 1. The Hall–Kier alpha value is -1.82. The average molecular weight is 280 g/mol. The third-order valence-electron chi connectivity index (χ3n) is 2.91. The first-order chi connectivity index (χ1) is 9.49. The smallest absolute Gasteiger partial charge is 0.356 e. The highest BCUT2D eigenvalue weighted by molar-refractivity contribution is 5.88. The average Bonchev–Trinajstić information content (AvgIpc) is 2.43. The van der Waals surface area contributed by atoms with Crippen LogP contribution in [-0.2, 0) is 4.74 Å². The largest absolute Gasteiger partial charge is 0.464 e. The zero-order chi connectivity index (χ0) is 15.1. The van der Waals surface area contributed by atoms with E-state index in [1.165, 1.54) is 7.11 Å². The molecule has 1 heterocycles. The summed E-state index contributed by atoms with van der Waals surface area (Å²) in [7, 11) is 5.38. The Bertz CT molecular complexity index is 449. The van der Waals surface area contributed by atoms with Crippen molar-refractivity contribution in [2.45, 2.75) is 13.3 Å². The van der Waals surface area contributed by atoms with Crippen LogP contribution in [0.2, 0.25) is 0 Å². The summed E-state index contributed by atoms with van der Waals surface area (Å²) in [5.41, 5.74) is 6.85. The van der Waals surface area contributed by atoms with Gasteiger partial charge < -0.3 is 20.3 Å². The van der Waals surface area contributed by atoms with Crippen LogP contribution in [0.25, 0.3) is 0 Å².